The number of fused-ring (bicyclic) bond motifs is 1. The van der Waals surface area contributed by atoms with Crippen molar-refractivity contribution >= 4 is 5.97 Å². The molecule has 5 nitrogen and oxygen atoms in total. The van der Waals surface area contributed by atoms with Gasteiger partial charge in [-0.15, -0.1) is 0 Å². The highest BCUT2D eigenvalue weighted by molar-refractivity contribution is 5.71. The summed E-state index contributed by atoms with van der Waals surface area (Å²) in [5.41, 5.74) is 0.542. The third-order valence-electron chi connectivity index (χ3n) is 3.04. The van der Waals surface area contributed by atoms with Crippen molar-refractivity contribution in [2.75, 3.05) is 6.79 Å². The molecule has 98 valence electrons. The Morgan fingerprint density at radius 1 is 1.39 bits per heavy atom. The molecule has 1 heterocycles. The van der Waals surface area contributed by atoms with Crippen LogP contribution in [0.15, 0.2) is 18.2 Å². The lowest BCUT2D eigenvalue weighted by molar-refractivity contribution is -0.146. The molecule has 0 bridgehead atoms. The Morgan fingerprint density at radius 3 is 2.78 bits per heavy atom. The van der Waals surface area contributed by atoms with Crippen LogP contribution in [-0.2, 0) is 4.79 Å². The van der Waals surface area contributed by atoms with Gasteiger partial charge in [0.25, 0.3) is 0 Å². The van der Waals surface area contributed by atoms with Gasteiger partial charge in [-0.2, -0.15) is 0 Å². The fourth-order valence-corrected chi connectivity index (χ4v) is 2.06. The molecule has 0 saturated heterocycles. The van der Waals surface area contributed by atoms with E-state index < -0.39 is 18.0 Å². The number of hydrogen-bond acceptors (Lipinski definition) is 4. The number of aliphatic hydroxyl groups excluding tert-OH is 1. The van der Waals surface area contributed by atoms with Gasteiger partial charge in [0, 0.05) is 0 Å². The van der Waals surface area contributed by atoms with Gasteiger partial charge in [0.2, 0.25) is 6.79 Å². The predicted octanol–water partition coefficient (Wildman–Crippen LogP) is 1.95. The first-order valence-corrected chi connectivity index (χ1v) is 5.94. The molecule has 1 aliphatic rings. The van der Waals surface area contributed by atoms with Gasteiger partial charge in [-0.1, -0.05) is 19.4 Å². The topological polar surface area (TPSA) is 76.0 Å². The van der Waals surface area contributed by atoms with Gasteiger partial charge in [-0.05, 0) is 24.1 Å². The van der Waals surface area contributed by atoms with E-state index in [9.17, 15) is 9.90 Å². The second kappa shape index (κ2) is 5.27. The maximum atomic E-state index is 11.1. The van der Waals surface area contributed by atoms with E-state index in [4.69, 9.17) is 14.6 Å². The summed E-state index contributed by atoms with van der Waals surface area (Å²) in [6.45, 7) is 2.05. The van der Waals surface area contributed by atoms with Crippen LogP contribution < -0.4 is 9.47 Å². The normalized spacial score (nSPS) is 16.3. The van der Waals surface area contributed by atoms with E-state index in [0.29, 0.717) is 29.9 Å². The highest BCUT2D eigenvalue weighted by Gasteiger charge is 2.28. The lowest BCUT2D eigenvalue weighted by atomic mass is 9.92. The lowest BCUT2D eigenvalue weighted by Gasteiger charge is -2.19. The van der Waals surface area contributed by atoms with E-state index in [1.165, 1.54) is 0 Å². The zero-order valence-electron chi connectivity index (χ0n) is 10.1. The van der Waals surface area contributed by atoms with Gasteiger partial charge in [0.05, 0.1) is 12.0 Å². The number of carboxylic acids is 1. The Kier molecular flexibility index (Phi) is 3.72. The summed E-state index contributed by atoms with van der Waals surface area (Å²) in [5.74, 6) is -0.613. The van der Waals surface area contributed by atoms with Crippen molar-refractivity contribution in [2.45, 2.75) is 25.9 Å². The smallest absolute Gasteiger partial charge is 0.309 e. The lowest BCUT2D eigenvalue weighted by Crippen LogP contribution is -2.21. The largest absolute Gasteiger partial charge is 0.481 e. The molecule has 0 radical (unpaired) electrons. The standard InChI is InChI=1S/C13H16O5/c1-2-3-9(13(15)16)12(14)8-4-5-10-11(6-8)18-7-17-10/h4-6,9,12,14H,2-3,7H2,1H3,(H,15,16). The van der Waals surface area contributed by atoms with Crippen LogP contribution in [0.1, 0.15) is 31.4 Å². The molecular weight excluding hydrogens is 236 g/mol. The summed E-state index contributed by atoms with van der Waals surface area (Å²) in [7, 11) is 0. The van der Waals surface area contributed by atoms with Crippen molar-refractivity contribution in [1.29, 1.82) is 0 Å². The van der Waals surface area contributed by atoms with Crippen LogP contribution in [0.25, 0.3) is 0 Å². The van der Waals surface area contributed by atoms with Gasteiger partial charge >= 0.3 is 5.97 Å². The van der Waals surface area contributed by atoms with Gasteiger partial charge in [-0.3, -0.25) is 4.79 Å². The minimum absolute atomic E-state index is 0.159. The predicted molar refractivity (Wildman–Crippen MR) is 63.6 cm³/mol. The first-order chi connectivity index (χ1) is 8.63. The van der Waals surface area contributed by atoms with Crippen LogP contribution in [0.4, 0.5) is 0 Å². The van der Waals surface area contributed by atoms with E-state index in [1.807, 2.05) is 6.92 Å². The van der Waals surface area contributed by atoms with Crippen LogP contribution in [0.3, 0.4) is 0 Å². The number of carbonyl (C=O) groups is 1. The van der Waals surface area contributed by atoms with Crippen LogP contribution in [-0.4, -0.2) is 23.0 Å². The minimum Gasteiger partial charge on any atom is -0.481 e. The molecule has 1 aliphatic heterocycles. The summed E-state index contributed by atoms with van der Waals surface area (Å²) in [6, 6.07) is 4.99. The molecule has 0 aliphatic carbocycles. The summed E-state index contributed by atoms with van der Waals surface area (Å²) in [5, 5.41) is 19.2. The molecular formula is C13H16O5. The van der Waals surface area contributed by atoms with E-state index >= 15 is 0 Å². The molecule has 2 unspecified atom stereocenters. The van der Waals surface area contributed by atoms with Gasteiger partial charge in [0.1, 0.15) is 0 Å². The molecule has 18 heavy (non-hydrogen) atoms. The van der Waals surface area contributed by atoms with Crippen molar-refractivity contribution in [3.05, 3.63) is 23.8 Å². The van der Waals surface area contributed by atoms with Crippen molar-refractivity contribution < 1.29 is 24.5 Å². The Morgan fingerprint density at radius 2 is 2.11 bits per heavy atom. The molecule has 0 spiro atoms. The highest BCUT2D eigenvalue weighted by Crippen LogP contribution is 2.36. The number of ether oxygens (including phenoxy) is 2. The second-order valence-electron chi connectivity index (χ2n) is 4.29. The summed E-state index contributed by atoms with van der Waals surface area (Å²) >= 11 is 0. The zero-order valence-corrected chi connectivity index (χ0v) is 10.1. The fourth-order valence-electron chi connectivity index (χ4n) is 2.06. The Balaban J connectivity index is 2.21. The van der Waals surface area contributed by atoms with Crippen LogP contribution in [0.5, 0.6) is 11.5 Å². The molecule has 0 aromatic heterocycles. The van der Waals surface area contributed by atoms with Crippen molar-refractivity contribution in [1.82, 2.24) is 0 Å². The van der Waals surface area contributed by atoms with Crippen LogP contribution in [0.2, 0.25) is 0 Å². The quantitative estimate of drug-likeness (QED) is 0.837. The van der Waals surface area contributed by atoms with Gasteiger partial charge in [0.15, 0.2) is 11.5 Å². The zero-order chi connectivity index (χ0) is 13.1. The number of aliphatic carboxylic acids is 1. The molecule has 1 aromatic rings. The van der Waals surface area contributed by atoms with Crippen molar-refractivity contribution in [3.8, 4) is 11.5 Å². The van der Waals surface area contributed by atoms with E-state index in [2.05, 4.69) is 0 Å². The average Bonchev–Trinajstić information content (AvgIpc) is 2.81. The third kappa shape index (κ3) is 2.41. The van der Waals surface area contributed by atoms with Crippen molar-refractivity contribution in [2.24, 2.45) is 5.92 Å². The maximum Gasteiger partial charge on any atom is 0.309 e. The number of aliphatic hydroxyl groups is 1. The third-order valence-corrected chi connectivity index (χ3v) is 3.04. The molecule has 0 fully saturated rings. The second-order valence-corrected chi connectivity index (χ2v) is 4.29. The maximum absolute atomic E-state index is 11.1. The molecule has 5 heteroatoms. The SMILES string of the molecule is CCCC(C(=O)O)C(O)c1ccc2c(c1)OCO2. The number of carboxylic acid groups (broad SMARTS) is 1. The van der Waals surface area contributed by atoms with Crippen molar-refractivity contribution in [3.63, 3.8) is 0 Å². The first kappa shape index (κ1) is 12.7. The van der Waals surface area contributed by atoms with Crippen LogP contribution >= 0.6 is 0 Å². The minimum atomic E-state index is -1.03. The highest BCUT2D eigenvalue weighted by atomic mass is 16.7. The monoisotopic (exact) mass is 252 g/mol. The van der Waals surface area contributed by atoms with E-state index in [1.54, 1.807) is 18.2 Å². The Hall–Kier alpha value is -1.75. The van der Waals surface area contributed by atoms with Gasteiger partial charge in [-0.25, -0.2) is 0 Å². The van der Waals surface area contributed by atoms with E-state index in [-0.39, 0.29) is 6.79 Å². The number of hydrogen-bond donors (Lipinski definition) is 2. The number of rotatable bonds is 5. The van der Waals surface area contributed by atoms with E-state index in [0.717, 1.165) is 0 Å². The summed E-state index contributed by atoms with van der Waals surface area (Å²) in [4.78, 5) is 11.1. The molecule has 1 aromatic carbocycles. The fraction of sp³-hybridized carbons (Fsp3) is 0.462. The van der Waals surface area contributed by atoms with Crippen LogP contribution in [0, 0.1) is 5.92 Å². The Labute approximate surface area is 105 Å². The molecule has 2 atom stereocenters. The summed E-state index contributed by atoms with van der Waals surface area (Å²) < 4.78 is 10.4. The first-order valence-electron chi connectivity index (χ1n) is 5.94. The molecule has 2 rings (SSSR count). The average molecular weight is 252 g/mol. The summed E-state index contributed by atoms with van der Waals surface area (Å²) in [6.07, 6.45) is 0.112. The Bertz CT molecular complexity index is 443. The molecule has 0 amide bonds. The molecule has 0 saturated carbocycles. The number of benzene rings is 1. The van der Waals surface area contributed by atoms with Gasteiger partial charge < -0.3 is 19.7 Å². The molecule has 2 N–H and O–H groups in total.